The summed E-state index contributed by atoms with van der Waals surface area (Å²) in [6.07, 6.45) is 0. The van der Waals surface area contributed by atoms with Crippen LogP contribution in [0.4, 0.5) is 0 Å². The van der Waals surface area contributed by atoms with Crippen LogP contribution >= 0.6 is 0 Å². The molecule has 0 aromatic carbocycles. The summed E-state index contributed by atoms with van der Waals surface area (Å²) in [5.74, 6) is -0.301. The van der Waals surface area contributed by atoms with Crippen molar-refractivity contribution in [2.45, 2.75) is 0 Å². The van der Waals surface area contributed by atoms with Crippen molar-refractivity contribution in [3.63, 3.8) is 0 Å². The lowest BCUT2D eigenvalue weighted by Crippen LogP contribution is -2.39. The Morgan fingerprint density at radius 2 is 1.69 bits per heavy atom. The molecular weight excluding hydrogens is 172 g/mol. The molecule has 0 aliphatic heterocycles. The molecule has 0 heterocycles. The van der Waals surface area contributed by atoms with Crippen LogP contribution < -0.4 is 0 Å². The van der Waals surface area contributed by atoms with E-state index < -0.39 is 0 Å². The van der Waals surface area contributed by atoms with Gasteiger partial charge in [-0.05, 0) is 0 Å². The van der Waals surface area contributed by atoms with Crippen molar-refractivity contribution in [1.29, 1.82) is 0 Å². The van der Waals surface area contributed by atoms with Gasteiger partial charge < -0.3 is 14.5 Å². The van der Waals surface area contributed by atoms with Crippen LogP contribution in [-0.2, 0) is 14.3 Å². The number of methoxy groups -OCH3 is 1. The minimum Gasteiger partial charge on any atom is -0.375 e. The summed E-state index contributed by atoms with van der Waals surface area (Å²) < 4.78 is 4.65. The smallest absolute Gasteiger partial charge is 0.248 e. The fraction of sp³-hybridized carbons (Fsp3) is 0.750. The summed E-state index contributed by atoms with van der Waals surface area (Å²) in [7, 11) is 6.32. The maximum absolute atomic E-state index is 11.2. The number of carbonyl (C=O) groups excluding carboxylic acids is 2. The Labute approximate surface area is 78.3 Å². The first-order valence-electron chi connectivity index (χ1n) is 3.92. The molecule has 13 heavy (non-hydrogen) atoms. The second-order valence-electron chi connectivity index (χ2n) is 2.97. The van der Waals surface area contributed by atoms with Crippen LogP contribution in [0.25, 0.3) is 0 Å². The Balaban J connectivity index is 3.92. The van der Waals surface area contributed by atoms with Gasteiger partial charge in [0.25, 0.3) is 0 Å². The second kappa shape index (κ2) is 5.53. The largest absolute Gasteiger partial charge is 0.375 e. The molecule has 0 aromatic rings. The standard InChI is InChI=1S/C8H16N2O3/c1-9(2)7(11)5-10(3)8(12)6-13-4/h5-6H2,1-4H3. The minimum atomic E-state index is -0.197. The van der Waals surface area contributed by atoms with Gasteiger partial charge >= 0.3 is 0 Å². The maximum Gasteiger partial charge on any atom is 0.248 e. The third-order valence-electron chi connectivity index (χ3n) is 1.56. The molecule has 5 nitrogen and oxygen atoms in total. The van der Waals surface area contributed by atoms with E-state index in [-0.39, 0.29) is 25.0 Å². The fourth-order valence-electron chi connectivity index (χ4n) is 0.666. The summed E-state index contributed by atoms with van der Waals surface area (Å²) >= 11 is 0. The van der Waals surface area contributed by atoms with Gasteiger partial charge in [-0.1, -0.05) is 0 Å². The van der Waals surface area contributed by atoms with Crippen LogP contribution in [0, 0.1) is 0 Å². The Hall–Kier alpha value is -1.10. The summed E-state index contributed by atoms with van der Waals surface area (Å²) in [4.78, 5) is 25.1. The second-order valence-corrected chi connectivity index (χ2v) is 2.97. The van der Waals surface area contributed by atoms with Crippen molar-refractivity contribution in [2.75, 3.05) is 41.4 Å². The van der Waals surface area contributed by atoms with E-state index in [4.69, 9.17) is 0 Å². The van der Waals surface area contributed by atoms with Crippen molar-refractivity contribution in [2.24, 2.45) is 0 Å². The van der Waals surface area contributed by atoms with Crippen LogP contribution in [-0.4, -0.2) is 63.0 Å². The Bertz CT molecular complexity index is 192. The topological polar surface area (TPSA) is 49.9 Å². The lowest BCUT2D eigenvalue weighted by Gasteiger charge is -2.18. The summed E-state index contributed by atoms with van der Waals surface area (Å²) in [6.45, 7) is 0.104. The average molecular weight is 188 g/mol. The molecule has 0 radical (unpaired) electrons. The normalized spacial score (nSPS) is 9.54. The van der Waals surface area contributed by atoms with E-state index in [0.717, 1.165) is 0 Å². The van der Waals surface area contributed by atoms with Gasteiger partial charge in [0, 0.05) is 28.3 Å². The molecule has 0 unspecified atom stereocenters. The molecule has 5 heteroatoms. The SMILES string of the molecule is COCC(=O)N(C)CC(=O)N(C)C. The quantitative estimate of drug-likeness (QED) is 0.579. The van der Waals surface area contributed by atoms with E-state index in [1.54, 1.807) is 21.1 Å². The van der Waals surface area contributed by atoms with Crippen molar-refractivity contribution in [1.82, 2.24) is 9.80 Å². The first-order valence-corrected chi connectivity index (χ1v) is 3.92. The zero-order valence-electron chi connectivity index (χ0n) is 8.53. The predicted octanol–water partition coefficient (Wildman–Crippen LogP) is -0.821. The van der Waals surface area contributed by atoms with Crippen molar-refractivity contribution in [3.8, 4) is 0 Å². The third-order valence-corrected chi connectivity index (χ3v) is 1.56. The van der Waals surface area contributed by atoms with Gasteiger partial charge in [-0.2, -0.15) is 0 Å². The maximum atomic E-state index is 11.2. The van der Waals surface area contributed by atoms with Crippen LogP contribution in [0.5, 0.6) is 0 Å². The van der Waals surface area contributed by atoms with Crippen molar-refractivity contribution >= 4 is 11.8 Å². The van der Waals surface area contributed by atoms with Crippen molar-refractivity contribution in [3.05, 3.63) is 0 Å². The number of ether oxygens (including phenoxy) is 1. The molecule has 0 spiro atoms. The van der Waals surface area contributed by atoms with Gasteiger partial charge in [0.05, 0.1) is 6.54 Å². The molecule has 0 rings (SSSR count). The first kappa shape index (κ1) is 11.9. The lowest BCUT2D eigenvalue weighted by atomic mass is 10.4. The molecule has 0 N–H and O–H groups in total. The highest BCUT2D eigenvalue weighted by atomic mass is 16.5. The number of carbonyl (C=O) groups is 2. The molecule has 0 aromatic heterocycles. The van der Waals surface area contributed by atoms with Gasteiger partial charge in [0.2, 0.25) is 11.8 Å². The number of nitrogens with zero attached hydrogens (tertiary/aromatic N) is 2. The van der Waals surface area contributed by atoms with E-state index in [1.807, 2.05) is 0 Å². The van der Waals surface area contributed by atoms with E-state index >= 15 is 0 Å². The summed E-state index contributed by atoms with van der Waals surface area (Å²) in [5.41, 5.74) is 0. The Morgan fingerprint density at radius 3 is 2.08 bits per heavy atom. The molecule has 0 fully saturated rings. The molecule has 0 aliphatic carbocycles. The lowest BCUT2D eigenvalue weighted by molar-refractivity contribution is -0.140. The zero-order valence-corrected chi connectivity index (χ0v) is 8.53. The molecule has 0 saturated heterocycles. The molecule has 0 saturated carbocycles. The van der Waals surface area contributed by atoms with E-state index in [1.165, 1.54) is 16.9 Å². The molecule has 0 bridgehead atoms. The van der Waals surface area contributed by atoms with Gasteiger partial charge in [-0.15, -0.1) is 0 Å². The van der Waals surface area contributed by atoms with Crippen LogP contribution in [0.2, 0.25) is 0 Å². The average Bonchev–Trinajstić information content (AvgIpc) is 2.04. The van der Waals surface area contributed by atoms with Crippen LogP contribution in [0.1, 0.15) is 0 Å². The van der Waals surface area contributed by atoms with Gasteiger partial charge in [0.15, 0.2) is 0 Å². The molecule has 76 valence electrons. The predicted molar refractivity (Wildman–Crippen MR) is 48.2 cm³/mol. The number of rotatable bonds is 4. The monoisotopic (exact) mass is 188 g/mol. The molecular formula is C8H16N2O3. The highest BCUT2D eigenvalue weighted by molar-refractivity contribution is 5.84. The number of amides is 2. The third kappa shape index (κ3) is 4.47. The van der Waals surface area contributed by atoms with Gasteiger partial charge in [-0.25, -0.2) is 0 Å². The molecule has 0 atom stereocenters. The Kier molecular flexibility index (Phi) is 5.06. The van der Waals surface area contributed by atoms with E-state index in [2.05, 4.69) is 4.74 Å². The highest BCUT2D eigenvalue weighted by Crippen LogP contribution is 1.88. The fourth-order valence-corrected chi connectivity index (χ4v) is 0.666. The van der Waals surface area contributed by atoms with Crippen LogP contribution in [0.15, 0.2) is 0 Å². The Morgan fingerprint density at radius 1 is 1.15 bits per heavy atom. The summed E-state index contributed by atoms with van der Waals surface area (Å²) in [6, 6.07) is 0. The molecule has 2 amide bonds. The molecule has 0 aliphatic rings. The van der Waals surface area contributed by atoms with Gasteiger partial charge in [-0.3, -0.25) is 9.59 Å². The number of likely N-dealkylation sites (N-methyl/N-ethyl adjacent to an activating group) is 2. The summed E-state index contributed by atoms with van der Waals surface area (Å²) in [5, 5.41) is 0. The number of hydrogen-bond acceptors (Lipinski definition) is 3. The highest BCUT2D eigenvalue weighted by Gasteiger charge is 2.13. The number of hydrogen-bond donors (Lipinski definition) is 0. The van der Waals surface area contributed by atoms with E-state index in [0.29, 0.717) is 0 Å². The van der Waals surface area contributed by atoms with Crippen molar-refractivity contribution < 1.29 is 14.3 Å². The first-order chi connectivity index (χ1) is 5.99. The zero-order chi connectivity index (χ0) is 10.4. The minimum absolute atomic E-state index is 0.0111. The van der Waals surface area contributed by atoms with E-state index in [9.17, 15) is 9.59 Å². The van der Waals surface area contributed by atoms with Crippen LogP contribution in [0.3, 0.4) is 0 Å². The van der Waals surface area contributed by atoms with Gasteiger partial charge in [0.1, 0.15) is 6.61 Å².